The van der Waals surface area contributed by atoms with E-state index in [1.54, 1.807) is 0 Å². The van der Waals surface area contributed by atoms with E-state index in [9.17, 15) is 13.5 Å². The van der Waals surface area contributed by atoms with Gasteiger partial charge in [0.15, 0.2) is 9.84 Å². The molecule has 1 saturated carbocycles. The summed E-state index contributed by atoms with van der Waals surface area (Å²) in [6.07, 6.45) is 5.75. The lowest BCUT2D eigenvalue weighted by atomic mass is 9.94. The minimum atomic E-state index is -3.37. The second-order valence-electron chi connectivity index (χ2n) is 6.01. The Bertz CT molecular complexity index is 629. The number of benzene rings is 1. The van der Waals surface area contributed by atoms with E-state index in [1.165, 1.54) is 43.5 Å². The second kappa shape index (κ2) is 8.44. The summed E-state index contributed by atoms with van der Waals surface area (Å²) in [5.41, 5.74) is 0.452. The number of sulfone groups is 1. The molecular formula is C17H24N2O3S. The Morgan fingerprint density at radius 3 is 2.35 bits per heavy atom. The second-order valence-corrected chi connectivity index (χ2v) is 8.12. The summed E-state index contributed by atoms with van der Waals surface area (Å²) in [4.78, 5) is 2.37. The molecule has 23 heavy (non-hydrogen) atoms. The fourth-order valence-electron chi connectivity index (χ4n) is 3.14. The molecule has 0 aliphatic heterocycles. The third kappa shape index (κ3) is 5.03. The van der Waals surface area contributed by atoms with E-state index in [-0.39, 0.29) is 17.3 Å². The molecule has 0 aromatic heterocycles. The Labute approximate surface area is 138 Å². The first kappa shape index (κ1) is 17.9. The van der Waals surface area contributed by atoms with Crippen LogP contribution in [0.2, 0.25) is 0 Å². The number of aliphatic hydroxyl groups is 1. The molecule has 0 unspecified atom stereocenters. The molecule has 1 aliphatic rings. The van der Waals surface area contributed by atoms with Crippen LogP contribution in [-0.4, -0.2) is 49.9 Å². The van der Waals surface area contributed by atoms with Gasteiger partial charge in [-0.15, -0.1) is 0 Å². The summed E-state index contributed by atoms with van der Waals surface area (Å²) in [5.74, 6) is 0.0371. The van der Waals surface area contributed by atoms with Crippen molar-refractivity contribution in [2.75, 3.05) is 25.4 Å². The predicted molar refractivity (Wildman–Crippen MR) is 88.7 cm³/mol. The van der Waals surface area contributed by atoms with Gasteiger partial charge in [0.2, 0.25) is 0 Å². The normalized spacial score (nSPS) is 16.4. The molecule has 126 valence electrons. The molecule has 0 atom stereocenters. The molecule has 0 heterocycles. The quantitative estimate of drug-likeness (QED) is 0.823. The lowest BCUT2D eigenvalue weighted by Gasteiger charge is -2.33. The van der Waals surface area contributed by atoms with Gasteiger partial charge in [-0.2, -0.15) is 5.26 Å². The highest BCUT2D eigenvalue weighted by molar-refractivity contribution is 7.91. The highest BCUT2D eigenvalue weighted by Crippen LogP contribution is 2.23. The van der Waals surface area contributed by atoms with E-state index in [1.807, 2.05) is 6.07 Å². The van der Waals surface area contributed by atoms with Crippen LogP contribution < -0.4 is 0 Å². The number of rotatable bonds is 7. The van der Waals surface area contributed by atoms with E-state index in [0.717, 1.165) is 12.8 Å². The smallest absolute Gasteiger partial charge is 0.179 e. The van der Waals surface area contributed by atoms with Crippen LogP contribution in [0.1, 0.15) is 37.7 Å². The third-order valence-electron chi connectivity index (χ3n) is 4.47. The predicted octanol–water partition coefficient (Wildman–Crippen LogP) is 1.96. The molecule has 1 aliphatic carbocycles. The van der Waals surface area contributed by atoms with Gasteiger partial charge in [0.05, 0.1) is 28.9 Å². The number of aliphatic hydroxyl groups excluding tert-OH is 1. The molecule has 0 amide bonds. The Kier molecular flexibility index (Phi) is 6.58. The number of hydrogen-bond acceptors (Lipinski definition) is 5. The first-order chi connectivity index (χ1) is 11.1. The molecule has 5 nitrogen and oxygen atoms in total. The van der Waals surface area contributed by atoms with Gasteiger partial charge in [-0.05, 0) is 37.1 Å². The standard InChI is InChI=1S/C17H24N2O3S/c18-14-15-6-8-17(9-7-15)23(21,22)13-11-19(10-12-20)16-4-2-1-3-5-16/h6-9,16,20H,1-5,10-13H2. The third-order valence-corrected chi connectivity index (χ3v) is 6.18. The Hall–Kier alpha value is -1.42. The van der Waals surface area contributed by atoms with E-state index in [4.69, 9.17) is 5.26 Å². The lowest BCUT2D eigenvalue weighted by molar-refractivity contribution is 0.131. The Morgan fingerprint density at radius 1 is 1.13 bits per heavy atom. The average molecular weight is 336 g/mol. The van der Waals surface area contributed by atoms with Crippen molar-refractivity contribution >= 4 is 9.84 Å². The van der Waals surface area contributed by atoms with Gasteiger partial charge in [0, 0.05) is 19.1 Å². The molecular weight excluding hydrogens is 312 g/mol. The van der Waals surface area contributed by atoms with Crippen molar-refractivity contribution in [3.63, 3.8) is 0 Å². The van der Waals surface area contributed by atoms with E-state index < -0.39 is 9.84 Å². The zero-order valence-corrected chi connectivity index (χ0v) is 14.1. The van der Waals surface area contributed by atoms with Crippen LogP contribution in [-0.2, 0) is 9.84 Å². The molecule has 6 heteroatoms. The molecule has 2 rings (SSSR count). The maximum Gasteiger partial charge on any atom is 0.179 e. The average Bonchev–Trinajstić information content (AvgIpc) is 2.59. The molecule has 1 aromatic carbocycles. The SMILES string of the molecule is N#Cc1ccc(S(=O)(=O)CCN(CCO)C2CCCCC2)cc1. The molecule has 1 fully saturated rings. The zero-order chi connectivity index (χ0) is 16.7. The van der Waals surface area contributed by atoms with E-state index >= 15 is 0 Å². The van der Waals surface area contributed by atoms with Crippen LogP contribution >= 0.6 is 0 Å². The molecule has 0 saturated heterocycles. The van der Waals surface area contributed by atoms with Crippen LogP contribution in [0.4, 0.5) is 0 Å². The molecule has 1 aromatic rings. The largest absolute Gasteiger partial charge is 0.395 e. The maximum absolute atomic E-state index is 12.5. The summed E-state index contributed by atoms with van der Waals surface area (Å²) < 4.78 is 24.9. The van der Waals surface area contributed by atoms with Crippen LogP contribution in [0, 0.1) is 11.3 Å². The van der Waals surface area contributed by atoms with Gasteiger partial charge in [-0.3, -0.25) is 4.90 Å². The van der Waals surface area contributed by atoms with Crippen LogP contribution in [0.3, 0.4) is 0 Å². The lowest BCUT2D eigenvalue weighted by Crippen LogP contribution is -2.41. The molecule has 0 bridgehead atoms. The Morgan fingerprint density at radius 2 is 1.78 bits per heavy atom. The fraction of sp³-hybridized carbons (Fsp3) is 0.588. The van der Waals surface area contributed by atoms with Gasteiger partial charge in [0.25, 0.3) is 0 Å². The highest BCUT2D eigenvalue weighted by atomic mass is 32.2. The van der Waals surface area contributed by atoms with Crippen molar-refractivity contribution in [3.8, 4) is 6.07 Å². The van der Waals surface area contributed by atoms with Crippen molar-refractivity contribution in [2.45, 2.75) is 43.0 Å². The van der Waals surface area contributed by atoms with Gasteiger partial charge in [0.1, 0.15) is 0 Å². The Balaban J connectivity index is 2.01. The minimum absolute atomic E-state index is 0.0371. The molecule has 0 radical (unpaired) electrons. The first-order valence-corrected chi connectivity index (χ1v) is 9.80. The molecule has 1 N–H and O–H groups in total. The van der Waals surface area contributed by atoms with E-state index in [0.29, 0.717) is 24.7 Å². The van der Waals surface area contributed by atoms with Crippen molar-refractivity contribution in [3.05, 3.63) is 29.8 Å². The number of nitriles is 1. The first-order valence-electron chi connectivity index (χ1n) is 8.14. The van der Waals surface area contributed by atoms with Crippen molar-refractivity contribution in [1.82, 2.24) is 4.90 Å². The summed E-state index contributed by atoms with van der Waals surface area (Å²) >= 11 is 0. The van der Waals surface area contributed by atoms with Crippen LogP contribution in [0.5, 0.6) is 0 Å². The van der Waals surface area contributed by atoms with Crippen molar-refractivity contribution < 1.29 is 13.5 Å². The van der Waals surface area contributed by atoms with Gasteiger partial charge in [-0.25, -0.2) is 8.42 Å². The maximum atomic E-state index is 12.5. The van der Waals surface area contributed by atoms with Gasteiger partial charge < -0.3 is 5.11 Å². The summed E-state index contributed by atoms with van der Waals surface area (Å²) in [5, 5.41) is 18.0. The summed E-state index contributed by atoms with van der Waals surface area (Å²) in [6.45, 7) is 1.01. The monoisotopic (exact) mass is 336 g/mol. The van der Waals surface area contributed by atoms with E-state index in [2.05, 4.69) is 4.90 Å². The fourth-order valence-corrected chi connectivity index (χ4v) is 4.41. The topological polar surface area (TPSA) is 81.4 Å². The zero-order valence-electron chi connectivity index (χ0n) is 13.3. The highest BCUT2D eigenvalue weighted by Gasteiger charge is 2.23. The molecule has 0 spiro atoms. The van der Waals surface area contributed by atoms with Crippen molar-refractivity contribution in [1.29, 1.82) is 5.26 Å². The van der Waals surface area contributed by atoms with Crippen LogP contribution in [0.15, 0.2) is 29.2 Å². The van der Waals surface area contributed by atoms with Crippen LogP contribution in [0.25, 0.3) is 0 Å². The minimum Gasteiger partial charge on any atom is -0.395 e. The summed E-state index contributed by atoms with van der Waals surface area (Å²) in [6, 6.07) is 8.40. The number of nitrogens with zero attached hydrogens (tertiary/aromatic N) is 2. The van der Waals surface area contributed by atoms with Gasteiger partial charge >= 0.3 is 0 Å². The van der Waals surface area contributed by atoms with Gasteiger partial charge in [-0.1, -0.05) is 19.3 Å². The summed E-state index contributed by atoms with van der Waals surface area (Å²) in [7, 11) is -3.37. The van der Waals surface area contributed by atoms with Crippen molar-refractivity contribution in [2.24, 2.45) is 0 Å². The number of hydrogen-bond donors (Lipinski definition) is 1.